The second-order valence-electron chi connectivity index (χ2n) is 7.11. The number of aromatic nitrogens is 1. The predicted molar refractivity (Wildman–Crippen MR) is 115 cm³/mol. The van der Waals surface area contributed by atoms with E-state index in [1.165, 1.54) is 33.3 Å². The van der Waals surface area contributed by atoms with E-state index >= 15 is 0 Å². The monoisotopic (exact) mass is 429 g/mol. The van der Waals surface area contributed by atoms with Crippen LogP contribution < -0.4 is 4.80 Å². The topological polar surface area (TPSA) is 71.7 Å². The predicted octanol–water partition coefficient (Wildman–Crippen LogP) is 3.33. The highest BCUT2D eigenvalue weighted by atomic mass is 32.2. The molecule has 0 spiro atoms. The van der Waals surface area contributed by atoms with Crippen molar-refractivity contribution in [3.05, 3.63) is 58.4 Å². The number of amides is 1. The molecular weight excluding hydrogens is 406 g/mol. The number of rotatable bonds is 4. The molecule has 0 atom stereocenters. The number of nitrogens with zero attached hydrogens (tertiary/aromatic N) is 3. The van der Waals surface area contributed by atoms with Crippen LogP contribution in [0.2, 0.25) is 0 Å². The van der Waals surface area contributed by atoms with Crippen molar-refractivity contribution in [2.24, 2.45) is 12.0 Å². The van der Waals surface area contributed by atoms with Crippen molar-refractivity contribution in [3.8, 4) is 0 Å². The number of benzene rings is 2. The van der Waals surface area contributed by atoms with Gasteiger partial charge in [-0.1, -0.05) is 30.4 Å². The van der Waals surface area contributed by atoms with Crippen LogP contribution in [0.15, 0.2) is 52.4 Å². The molecule has 1 aliphatic heterocycles. The van der Waals surface area contributed by atoms with Gasteiger partial charge in [0.25, 0.3) is 5.91 Å². The minimum Gasteiger partial charge on any atom is -0.319 e. The van der Waals surface area contributed by atoms with Gasteiger partial charge in [-0.3, -0.25) is 4.79 Å². The van der Waals surface area contributed by atoms with Crippen LogP contribution in [0.25, 0.3) is 10.2 Å². The summed E-state index contributed by atoms with van der Waals surface area (Å²) in [6.45, 7) is 3.22. The van der Waals surface area contributed by atoms with Gasteiger partial charge in [0, 0.05) is 25.7 Å². The highest BCUT2D eigenvalue weighted by molar-refractivity contribution is 7.89. The molecule has 0 aliphatic carbocycles. The molecule has 2 heterocycles. The summed E-state index contributed by atoms with van der Waals surface area (Å²) in [5.41, 5.74) is 2.68. The number of fused-ring (bicyclic) bond motifs is 1. The lowest BCUT2D eigenvalue weighted by Gasteiger charge is -2.15. The van der Waals surface area contributed by atoms with Gasteiger partial charge in [-0.25, -0.2) is 8.42 Å². The first-order valence-electron chi connectivity index (χ1n) is 9.68. The van der Waals surface area contributed by atoms with Gasteiger partial charge in [0.05, 0.1) is 15.1 Å². The molecule has 8 heteroatoms. The zero-order valence-electron chi connectivity index (χ0n) is 16.5. The standard InChI is InChI=1S/C21H23N3O3S2/c1-3-15-7-6-8-18-19(15)23(2)21(28-18)22-20(25)16-9-11-17(12-10-16)29(26,27)24-13-4-5-14-24/h6-12H,3-5,13-14H2,1-2H3. The summed E-state index contributed by atoms with van der Waals surface area (Å²) in [5, 5.41) is 0. The minimum atomic E-state index is -3.48. The largest absolute Gasteiger partial charge is 0.319 e. The lowest BCUT2D eigenvalue weighted by Crippen LogP contribution is -2.27. The molecule has 1 aromatic heterocycles. The Hall–Kier alpha value is -2.29. The first kappa shape index (κ1) is 20.0. The smallest absolute Gasteiger partial charge is 0.279 e. The van der Waals surface area contributed by atoms with Crippen molar-refractivity contribution < 1.29 is 13.2 Å². The van der Waals surface area contributed by atoms with Crippen molar-refractivity contribution in [2.45, 2.75) is 31.1 Å². The number of hydrogen-bond acceptors (Lipinski definition) is 4. The number of sulfonamides is 1. The number of thiazole rings is 1. The molecule has 152 valence electrons. The molecule has 2 aromatic carbocycles. The van der Waals surface area contributed by atoms with E-state index in [1.807, 2.05) is 23.7 Å². The van der Waals surface area contributed by atoms with Crippen LogP contribution in [0.1, 0.15) is 35.7 Å². The zero-order chi connectivity index (χ0) is 20.6. The van der Waals surface area contributed by atoms with E-state index in [0.717, 1.165) is 29.5 Å². The van der Waals surface area contributed by atoms with Crippen LogP contribution in [0, 0.1) is 0 Å². The molecule has 0 unspecified atom stereocenters. The van der Waals surface area contributed by atoms with Crippen LogP contribution >= 0.6 is 11.3 Å². The van der Waals surface area contributed by atoms with E-state index in [2.05, 4.69) is 18.0 Å². The Morgan fingerprint density at radius 1 is 1.10 bits per heavy atom. The molecule has 6 nitrogen and oxygen atoms in total. The Labute approximate surface area is 174 Å². The molecule has 1 saturated heterocycles. The summed E-state index contributed by atoms with van der Waals surface area (Å²) in [7, 11) is -1.57. The molecule has 3 aromatic rings. The van der Waals surface area contributed by atoms with Crippen molar-refractivity contribution in [1.82, 2.24) is 8.87 Å². The fourth-order valence-electron chi connectivity index (χ4n) is 3.67. The van der Waals surface area contributed by atoms with Gasteiger partial charge in [-0.05, 0) is 55.2 Å². The molecule has 4 rings (SSSR count). The lowest BCUT2D eigenvalue weighted by molar-refractivity contribution is 0.0998. The molecule has 29 heavy (non-hydrogen) atoms. The van der Waals surface area contributed by atoms with Gasteiger partial charge >= 0.3 is 0 Å². The third-order valence-corrected chi connectivity index (χ3v) is 8.30. The number of para-hydroxylation sites is 1. The van der Waals surface area contributed by atoms with E-state index in [1.54, 1.807) is 12.1 Å². The van der Waals surface area contributed by atoms with Crippen LogP contribution in [0.5, 0.6) is 0 Å². The first-order chi connectivity index (χ1) is 13.9. The van der Waals surface area contributed by atoms with E-state index in [9.17, 15) is 13.2 Å². The Morgan fingerprint density at radius 2 is 1.79 bits per heavy atom. The third-order valence-electron chi connectivity index (χ3n) is 5.29. The average molecular weight is 430 g/mol. The zero-order valence-corrected chi connectivity index (χ0v) is 18.1. The Balaban J connectivity index is 1.66. The van der Waals surface area contributed by atoms with Crippen molar-refractivity contribution >= 4 is 37.5 Å². The van der Waals surface area contributed by atoms with E-state index < -0.39 is 10.0 Å². The maximum Gasteiger partial charge on any atom is 0.279 e. The first-order valence-corrected chi connectivity index (χ1v) is 11.9. The molecule has 1 fully saturated rings. The van der Waals surface area contributed by atoms with Gasteiger partial charge in [0.15, 0.2) is 4.80 Å². The maximum atomic E-state index is 12.7. The van der Waals surface area contributed by atoms with Crippen LogP contribution in [-0.4, -0.2) is 36.3 Å². The lowest BCUT2D eigenvalue weighted by atomic mass is 10.1. The molecule has 1 amide bonds. The minimum absolute atomic E-state index is 0.218. The summed E-state index contributed by atoms with van der Waals surface area (Å²) in [6.07, 6.45) is 2.68. The van der Waals surface area contributed by atoms with Crippen molar-refractivity contribution in [3.63, 3.8) is 0 Å². The number of carbonyl (C=O) groups is 1. The van der Waals surface area contributed by atoms with E-state index in [-0.39, 0.29) is 10.8 Å². The van der Waals surface area contributed by atoms with Crippen LogP contribution in [-0.2, 0) is 23.5 Å². The summed E-state index contributed by atoms with van der Waals surface area (Å²) >= 11 is 1.47. The highest BCUT2D eigenvalue weighted by Crippen LogP contribution is 2.22. The van der Waals surface area contributed by atoms with Crippen LogP contribution in [0.3, 0.4) is 0 Å². The quantitative estimate of drug-likeness (QED) is 0.639. The van der Waals surface area contributed by atoms with Crippen molar-refractivity contribution in [2.75, 3.05) is 13.1 Å². The summed E-state index contributed by atoms with van der Waals surface area (Å²) in [6, 6.07) is 12.2. The Bertz CT molecular complexity index is 1230. The van der Waals surface area contributed by atoms with Crippen LogP contribution in [0.4, 0.5) is 0 Å². The molecule has 1 aliphatic rings. The number of hydrogen-bond donors (Lipinski definition) is 0. The van der Waals surface area contributed by atoms with Crippen molar-refractivity contribution in [1.29, 1.82) is 0 Å². The van der Waals surface area contributed by atoms with Gasteiger partial charge in [0.2, 0.25) is 10.0 Å². The fourth-order valence-corrected chi connectivity index (χ4v) is 6.26. The van der Waals surface area contributed by atoms with E-state index in [4.69, 9.17) is 0 Å². The Kier molecular flexibility index (Phi) is 5.42. The number of carbonyl (C=O) groups excluding carboxylic acids is 1. The van der Waals surface area contributed by atoms with Gasteiger partial charge in [-0.2, -0.15) is 9.30 Å². The molecule has 0 radical (unpaired) electrons. The normalized spacial score (nSPS) is 16.0. The molecule has 0 saturated carbocycles. The Morgan fingerprint density at radius 3 is 2.45 bits per heavy atom. The summed E-state index contributed by atoms with van der Waals surface area (Å²) in [5.74, 6) is -0.379. The summed E-state index contributed by atoms with van der Waals surface area (Å²) in [4.78, 5) is 17.8. The summed E-state index contributed by atoms with van der Waals surface area (Å²) < 4.78 is 29.8. The average Bonchev–Trinajstić information content (AvgIpc) is 3.37. The van der Waals surface area contributed by atoms with E-state index in [0.29, 0.717) is 23.5 Å². The van der Waals surface area contributed by atoms with Gasteiger partial charge in [-0.15, -0.1) is 0 Å². The van der Waals surface area contributed by atoms with Gasteiger partial charge < -0.3 is 4.57 Å². The van der Waals surface area contributed by atoms with Gasteiger partial charge in [0.1, 0.15) is 0 Å². The maximum absolute atomic E-state index is 12.7. The SMILES string of the molecule is CCc1cccc2sc(=NC(=O)c3ccc(S(=O)(=O)N4CCCC4)cc3)n(C)c12. The highest BCUT2D eigenvalue weighted by Gasteiger charge is 2.27. The third kappa shape index (κ3) is 3.68. The molecular formula is C21H23N3O3S2. The number of aryl methyl sites for hydroxylation is 2. The fraction of sp³-hybridized carbons (Fsp3) is 0.333. The molecule has 0 N–H and O–H groups in total. The second-order valence-corrected chi connectivity index (χ2v) is 10.1. The second kappa shape index (κ2) is 7.85. The molecule has 0 bridgehead atoms.